The number of carbonyl (C=O) groups is 1. The van der Waals surface area contributed by atoms with E-state index in [0.717, 1.165) is 17.9 Å². The van der Waals surface area contributed by atoms with Crippen LogP contribution in [0.2, 0.25) is 0 Å². The van der Waals surface area contributed by atoms with Gasteiger partial charge >= 0.3 is 0 Å². The number of ether oxygens (including phenoxy) is 1. The predicted octanol–water partition coefficient (Wildman–Crippen LogP) is 2.26. The maximum Gasteiger partial charge on any atom is 0.177 e. The Morgan fingerprint density at radius 2 is 2.33 bits per heavy atom. The lowest BCUT2D eigenvalue weighted by Crippen LogP contribution is -2.13. The minimum atomic E-state index is -0.198. The Morgan fingerprint density at radius 3 is 3.11 bits per heavy atom. The number of hydrogen-bond acceptors (Lipinski definition) is 3. The molecule has 0 bridgehead atoms. The summed E-state index contributed by atoms with van der Waals surface area (Å²) in [5.74, 6) is 0.703. The maximum absolute atomic E-state index is 12.4. The van der Waals surface area contributed by atoms with E-state index in [-0.39, 0.29) is 11.7 Å². The summed E-state index contributed by atoms with van der Waals surface area (Å²) in [4.78, 5) is 12.4. The molecule has 4 nitrogen and oxygen atoms in total. The predicted molar refractivity (Wildman–Crippen MR) is 66.9 cm³/mol. The molecule has 0 radical (unpaired) electrons. The quantitative estimate of drug-likeness (QED) is 0.775. The molecule has 1 aromatic carbocycles. The Hall–Kier alpha value is -2.10. The molecule has 1 atom stereocenters. The fraction of sp³-hybridized carbons (Fsp3) is 0.286. The molecule has 1 aliphatic heterocycles. The first-order valence-electron chi connectivity index (χ1n) is 6.08. The minimum absolute atomic E-state index is 0.0830. The van der Waals surface area contributed by atoms with Gasteiger partial charge in [-0.15, -0.1) is 0 Å². The van der Waals surface area contributed by atoms with E-state index < -0.39 is 0 Å². The van der Waals surface area contributed by atoms with Crippen molar-refractivity contribution >= 4 is 5.78 Å². The topological polar surface area (TPSA) is 44.1 Å². The van der Waals surface area contributed by atoms with E-state index in [4.69, 9.17) is 4.74 Å². The second kappa shape index (κ2) is 4.29. The fourth-order valence-corrected chi connectivity index (χ4v) is 2.24. The largest absolute Gasteiger partial charge is 0.492 e. The SMILES string of the molecule is CCn1cc(C(=O)C2COc3ccccc32)cn1. The van der Waals surface area contributed by atoms with Crippen LogP contribution in [0.15, 0.2) is 36.7 Å². The molecule has 0 fully saturated rings. The van der Waals surface area contributed by atoms with Crippen LogP contribution in [0.3, 0.4) is 0 Å². The molecule has 0 saturated heterocycles. The molecule has 2 heterocycles. The molecule has 4 heteroatoms. The molecule has 1 aromatic heterocycles. The second-order valence-electron chi connectivity index (χ2n) is 4.35. The number of carbonyl (C=O) groups excluding carboxylic acids is 1. The van der Waals surface area contributed by atoms with Crippen molar-refractivity contribution in [3.8, 4) is 5.75 Å². The number of nitrogens with zero attached hydrogens (tertiary/aromatic N) is 2. The van der Waals surface area contributed by atoms with Gasteiger partial charge in [-0.25, -0.2) is 0 Å². The summed E-state index contributed by atoms with van der Waals surface area (Å²) < 4.78 is 7.30. The highest BCUT2D eigenvalue weighted by Crippen LogP contribution is 2.35. The molecule has 0 N–H and O–H groups in total. The van der Waals surface area contributed by atoms with Gasteiger partial charge in [-0.1, -0.05) is 18.2 Å². The average molecular weight is 242 g/mol. The molecule has 3 rings (SSSR count). The zero-order valence-electron chi connectivity index (χ0n) is 10.2. The molecule has 0 spiro atoms. The number of hydrogen-bond donors (Lipinski definition) is 0. The second-order valence-corrected chi connectivity index (χ2v) is 4.35. The number of benzene rings is 1. The van der Waals surface area contributed by atoms with Crippen LogP contribution in [-0.4, -0.2) is 22.2 Å². The third kappa shape index (κ3) is 1.70. The number of Topliss-reactive ketones (excluding diaryl/α,β-unsaturated/α-hetero) is 1. The van der Waals surface area contributed by atoms with Crippen molar-refractivity contribution in [2.75, 3.05) is 6.61 Å². The van der Waals surface area contributed by atoms with Crippen molar-refractivity contribution < 1.29 is 9.53 Å². The summed E-state index contributed by atoms with van der Waals surface area (Å²) in [6, 6.07) is 7.71. The van der Waals surface area contributed by atoms with E-state index in [2.05, 4.69) is 5.10 Å². The Bertz CT molecular complexity index is 589. The summed E-state index contributed by atoms with van der Waals surface area (Å²) in [5.41, 5.74) is 1.63. The van der Waals surface area contributed by atoms with E-state index in [9.17, 15) is 4.79 Å². The van der Waals surface area contributed by atoms with Crippen LogP contribution in [0, 0.1) is 0 Å². The number of para-hydroxylation sites is 1. The number of aromatic nitrogens is 2. The molecule has 1 unspecified atom stereocenters. The molecular formula is C14H14N2O2. The van der Waals surface area contributed by atoms with Gasteiger partial charge in [-0.2, -0.15) is 5.10 Å². The van der Waals surface area contributed by atoms with Crippen molar-refractivity contribution in [3.05, 3.63) is 47.8 Å². The normalized spacial score (nSPS) is 17.3. The molecule has 0 saturated carbocycles. The first-order valence-corrected chi connectivity index (χ1v) is 6.08. The van der Waals surface area contributed by atoms with Crippen molar-refractivity contribution in [1.82, 2.24) is 9.78 Å². The van der Waals surface area contributed by atoms with Crippen molar-refractivity contribution in [2.24, 2.45) is 0 Å². The molecule has 1 aliphatic rings. The summed E-state index contributed by atoms with van der Waals surface area (Å²) in [6.45, 7) is 3.19. The zero-order valence-corrected chi connectivity index (χ0v) is 10.2. The first kappa shape index (κ1) is 11.0. The molecular weight excluding hydrogens is 228 g/mol. The molecule has 2 aromatic rings. The lowest BCUT2D eigenvalue weighted by atomic mass is 9.94. The van der Waals surface area contributed by atoms with Gasteiger partial charge in [-0.05, 0) is 13.0 Å². The Balaban J connectivity index is 1.90. The highest BCUT2D eigenvalue weighted by atomic mass is 16.5. The third-order valence-corrected chi connectivity index (χ3v) is 3.26. The van der Waals surface area contributed by atoms with E-state index in [1.165, 1.54) is 0 Å². The number of ketones is 1. The molecule has 0 aliphatic carbocycles. The summed E-state index contributed by atoms with van der Waals surface area (Å²) in [6.07, 6.45) is 3.43. The van der Waals surface area contributed by atoms with E-state index in [0.29, 0.717) is 12.2 Å². The van der Waals surface area contributed by atoms with Gasteiger partial charge in [0.15, 0.2) is 5.78 Å². The Kier molecular flexibility index (Phi) is 2.63. The van der Waals surface area contributed by atoms with Gasteiger partial charge < -0.3 is 4.74 Å². The van der Waals surface area contributed by atoms with Crippen LogP contribution in [0.5, 0.6) is 5.75 Å². The van der Waals surface area contributed by atoms with Crippen LogP contribution in [0.25, 0.3) is 0 Å². The smallest absolute Gasteiger partial charge is 0.177 e. The highest BCUT2D eigenvalue weighted by Gasteiger charge is 2.31. The molecule has 0 amide bonds. The Morgan fingerprint density at radius 1 is 1.50 bits per heavy atom. The summed E-state index contributed by atoms with van der Waals surface area (Å²) in [7, 11) is 0. The van der Waals surface area contributed by atoms with E-state index in [1.807, 2.05) is 31.2 Å². The van der Waals surface area contributed by atoms with Crippen LogP contribution in [-0.2, 0) is 6.54 Å². The number of aryl methyl sites for hydroxylation is 1. The average Bonchev–Trinajstić information content (AvgIpc) is 3.04. The third-order valence-electron chi connectivity index (χ3n) is 3.26. The number of fused-ring (bicyclic) bond motifs is 1. The van der Waals surface area contributed by atoms with Gasteiger partial charge in [0.05, 0.1) is 17.7 Å². The minimum Gasteiger partial charge on any atom is -0.492 e. The fourth-order valence-electron chi connectivity index (χ4n) is 2.24. The number of rotatable bonds is 3. The van der Waals surface area contributed by atoms with Gasteiger partial charge in [0, 0.05) is 18.3 Å². The van der Waals surface area contributed by atoms with E-state index >= 15 is 0 Å². The van der Waals surface area contributed by atoms with Crippen LogP contribution in [0.1, 0.15) is 28.8 Å². The lowest BCUT2D eigenvalue weighted by molar-refractivity contribution is 0.0947. The maximum atomic E-state index is 12.4. The zero-order chi connectivity index (χ0) is 12.5. The van der Waals surface area contributed by atoms with Gasteiger partial charge in [-0.3, -0.25) is 9.48 Å². The van der Waals surface area contributed by atoms with Crippen molar-refractivity contribution in [1.29, 1.82) is 0 Å². The first-order chi connectivity index (χ1) is 8.79. The standard InChI is InChI=1S/C14H14N2O2/c1-2-16-8-10(7-15-16)14(17)12-9-18-13-6-4-3-5-11(12)13/h3-8,12H,2,9H2,1H3. The Labute approximate surface area is 105 Å². The monoisotopic (exact) mass is 242 g/mol. The van der Waals surface area contributed by atoms with Gasteiger partial charge in [0.25, 0.3) is 0 Å². The van der Waals surface area contributed by atoms with Gasteiger partial charge in [0.1, 0.15) is 12.4 Å². The van der Waals surface area contributed by atoms with E-state index in [1.54, 1.807) is 17.1 Å². The van der Waals surface area contributed by atoms with Gasteiger partial charge in [0.2, 0.25) is 0 Å². The highest BCUT2D eigenvalue weighted by molar-refractivity contribution is 6.01. The van der Waals surface area contributed by atoms with Crippen molar-refractivity contribution in [2.45, 2.75) is 19.4 Å². The summed E-state index contributed by atoms with van der Waals surface area (Å²) in [5, 5.41) is 4.14. The van der Waals surface area contributed by atoms with Crippen LogP contribution in [0.4, 0.5) is 0 Å². The van der Waals surface area contributed by atoms with Crippen LogP contribution >= 0.6 is 0 Å². The molecule has 92 valence electrons. The molecule has 18 heavy (non-hydrogen) atoms. The van der Waals surface area contributed by atoms with Crippen LogP contribution < -0.4 is 4.74 Å². The van der Waals surface area contributed by atoms with Crippen molar-refractivity contribution in [3.63, 3.8) is 0 Å². The lowest BCUT2D eigenvalue weighted by Gasteiger charge is -2.05. The summed E-state index contributed by atoms with van der Waals surface area (Å²) >= 11 is 0.